The number of fused-ring (bicyclic) bond motifs is 2. The summed E-state index contributed by atoms with van der Waals surface area (Å²) in [6, 6.07) is 4.02. The molecular weight excluding hydrogens is 241 g/mol. The minimum Gasteiger partial charge on any atom is -0.385 e. The van der Waals surface area contributed by atoms with Crippen molar-refractivity contribution in [3.05, 3.63) is 34.6 Å². The van der Waals surface area contributed by atoms with E-state index in [4.69, 9.17) is 0 Å². The van der Waals surface area contributed by atoms with Gasteiger partial charge in [-0.05, 0) is 75.4 Å². The summed E-state index contributed by atoms with van der Waals surface area (Å²) < 4.78 is 13.4. The molecule has 1 aromatic carbocycles. The molecule has 0 saturated carbocycles. The molecule has 19 heavy (non-hydrogen) atoms. The van der Waals surface area contributed by atoms with Crippen molar-refractivity contribution in [3.8, 4) is 0 Å². The van der Waals surface area contributed by atoms with Crippen molar-refractivity contribution in [1.29, 1.82) is 0 Å². The molecule has 1 aromatic rings. The van der Waals surface area contributed by atoms with Gasteiger partial charge in [0.25, 0.3) is 0 Å². The van der Waals surface area contributed by atoms with Crippen molar-refractivity contribution in [2.45, 2.75) is 57.2 Å². The van der Waals surface area contributed by atoms with Crippen molar-refractivity contribution in [2.24, 2.45) is 0 Å². The molecule has 0 amide bonds. The van der Waals surface area contributed by atoms with Crippen LogP contribution in [0.1, 0.15) is 42.4 Å². The van der Waals surface area contributed by atoms with Crippen molar-refractivity contribution in [2.75, 3.05) is 7.05 Å². The van der Waals surface area contributed by atoms with Gasteiger partial charge in [0.15, 0.2) is 0 Å². The molecule has 3 rings (SSSR count). The number of aryl methyl sites for hydroxylation is 2. The van der Waals surface area contributed by atoms with Crippen LogP contribution in [0.15, 0.2) is 12.1 Å². The van der Waals surface area contributed by atoms with Crippen LogP contribution in [0.2, 0.25) is 0 Å². The predicted molar refractivity (Wildman–Crippen MR) is 73.6 cm³/mol. The first kappa shape index (κ1) is 13.1. The molecule has 0 aliphatic carbocycles. The molecule has 2 aliphatic heterocycles. The SMILES string of the molecule is Cc1cc(F)cc(C)c1C1(O)CC2CCC(C1)N2C. The summed E-state index contributed by atoms with van der Waals surface area (Å²) in [4.78, 5) is 2.41. The Kier molecular flexibility index (Phi) is 2.95. The predicted octanol–water partition coefficient (Wildman–Crippen LogP) is 2.89. The van der Waals surface area contributed by atoms with Gasteiger partial charge in [0.05, 0.1) is 5.60 Å². The van der Waals surface area contributed by atoms with Crippen LogP contribution in [0.25, 0.3) is 0 Å². The van der Waals surface area contributed by atoms with E-state index < -0.39 is 5.60 Å². The zero-order chi connectivity index (χ0) is 13.8. The number of aliphatic hydroxyl groups is 1. The van der Waals surface area contributed by atoms with Crippen molar-refractivity contribution in [3.63, 3.8) is 0 Å². The lowest BCUT2D eigenvalue weighted by Crippen LogP contribution is -2.48. The van der Waals surface area contributed by atoms with Crippen molar-refractivity contribution in [1.82, 2.24) is 4.90 Å². The molecule has 2 atom stereocenters. The van der Waals surface area contributed by atoms with E-state index >= 15 is 0 Å². The maximum atomic E-state index is 13.4. The fourth-order valence-electron chi connectivity index (χ4n) is 4.29. The first-order valence-electron chi connectivity index (χ1n) is 7.12. The third-order valence-corrected chi connectivity index (χ3v) is 5.09. The molecule has 2 aliphatic rings. The minimum atomic E-state index is -0.778. The van der Waals surface area contributed by atoms with Gasteiger partial charge in [0.1, 0.15) is 5.82 Å². The molecule has 0 spiro atoms. The average Bonchev–Trinajstić information content (AvgIpc) is 2.53. The van der Waals surface area contributed by atoms with Crippen LogP contribution in [0.4, 0.5) is 4.39 Å². The van der Waals surface area contributed by atoms with E-state index in [2.05, 4.69) is 11.9 Å². The summed E-state index contributed by atoms with van der Waals surface area (Å²) in [5.74, 6) is -0.210. The highest BCUT2D eigenvalue weighted by atomic mass is 19.1. The summed E-state index contributed by atoms with van der Waals surface area (Å²) in [5.41, 5.74) is 1.94. The molecule has 0 radical (unpaired) electrons. The van der Waals surface area contributed by atoms with Gasteiger partial charge >= 0.3 is 0 Å². The quantitative estimate of drug-likeness (QED) is 0.842. The largest absolute Gasteiger partial charge is 0.385 e. The first-order valence-corrected chi connectivity index (χ1v) is 7.12. The summed E-state index contributed by atoms with van der Waals surface area (Å²) >= 11 is 0. The number of hydrogen-bond donors (Lipinski definition) is 1. The highest BCUT2D eigenvalue weighted by Gasteiger charge is 2.47. The molecule has 0 aromatic heterocycles. The second-order valence-electron chi connectivity index (χ2n) is 6.40. The number of nitrogens with zero attached hydrogens (tertiary/aromatic N) is 1. The molecule has 3 heteroatoms. The van der Waals surface area contributed by atoms with E-state index in [0.717, 1.165) is 29.5 Å². The molecule has 1 N–H and O–H groups in total. The van der Waals surface area contributed by atoms with Gasteiger partial charge in [-0.3, -0.25) is 0 Å². The Bertz CT molecular complexity index is 476. The lowest BCUT2D eigenvalue weighted by atomic mass is 9.77. The summed E-state index contributed by atoms with van der Waals surface area (Å²) in [6.07, 6.45) is 3.88. The normalized spacial score (nSPS) is 34.8. The molecular formula is C16H22FNO. The van der Waals surface area contributed by atoms with Crippen LogP contribution in [0, 0.1) is 19.7 Å². The van der Waals surface area contributed by atoms with Gasteiger partial charge < -0.3 is 10.0 Å². The van der Waals surface area contributed by atoms with Crippen LogP contribution in [-0.2, 0) is 5.60 Å². The summed E-state index contributed by atoms with van der Waals surface area (Å²) in [6.45, 7) is 3.81. The number of benzene rings is 1. The van der Waals surface area contributed by atoms with Gasteiger partial charge in [0.2, 0.25) is 0 Å². The standard InChI is InChI=1S/C16H22FNO/c1-10-6-12(17)7-11(2)15(10)16(19)8-13-4-5-14(9-16)18(13)3/h6-7,13-14,19H,4-5,8-9H2,1-3H3. The van der Waals surface area contributed by atoms with E-state index in [1.54, 1.807) is 12.1 Å². The minimum absolute atomic E-state index is 0.210. The summed E-state index contributed by atoms with van der Waals surface area (Å²) in [5, 5.41) is 11.1. The molecule has 2 bridgehead atoms. The van der Waals surface area contributed by atoms with Crippen LogP contribution in [-0.4, -0.2) is 29.1 Å². The van der Waals surface area contributed by atoms with Gasteiger partial charge in [-0.15, -0.1) is 0 Å². The molecule has 2 heterocycles. The number of halogens is 1. The highest BCUT2D eigenvalue weighted by Crippen LogP contribution is 2.46. The smallest absolute Gasteiger partial charge is 0.123 e. The fourth-order valence-corrected chi connectivity index (χ4v) is 4.29. The van der Waals surface area contributed by atoms with Crippen molar-refractivity contribution >= 4 is 0 Å². The second-order valence-corrected chi connectivity index (χ2v) is 6.40. The van der Waals surface area contributed by atoms with Crippen LogP contribution < -0.4 is 0 Å². The Morgan fingerprint density at radius 1 is 1.16 bits per heavy atom. The van der Waals surface area contributed by atoms with Crippen molar-refractivity contribution < 1.29 is 9.50 Å². The Morgan fingerprint density at radius 2 is 1.63 bits per heavy atom. The monoisotopic (exact) mass is 263 g/mol. The molecule has 2 fully saturated rings. The van der Waals surface area contributed by atoms with Crippen LogP contribution in [0.5, 0.6) is 0 Å². The topological polar surface area (TPSA) is 23.5 Å². The molecule has 2 unspecified atom stereocenters. The maximum absolute atomic E-state index is 13.4. The molecule has 2 nitrogen and oxygen atoms in total. The second kappa shape index (κ2) is 4.29. The lowest BCUT2D eigenvalue weighted by Gasteiger charge is -2.43. The molecule has 2 saturated heterocycles. The average molecular weight is 263 g/mol. The van der Waals surface area contributed by atoms with Gasteiger partial charge in [-0.2, -0.15) is 0 Å². The number of hydrogen-bond acceptors (Lipinski definition) is 2. The Hall–Kier alpha value is -0.930. The van der Waals surface area contributed by atoms with E-state index in [0.29, 0.717) is 12.1 Å². The van der Waals surface area contributed by atoms with E-state index in [9.17, 15) is 9.50 Å². The van der Waals surface area contributed by atoms with Crippen LogP contribution in [0.3, 0.4) is 0 Å². The van der Waals surface area contributed by atoms with E-state index in [1.807, 2.05) is 13.8 Å². The zero-order valence-corrected chi connectivity index (χ0v) is 11.9. The Morgan fingerprint density at radius 3 is 2.11 bits per heavy atom. The summed E-state index contributed by atoms with van der Waals surface area (Å²) in [7, 11) is 2.16. The Balaban J connectivity index is 2.03. The zero-order valence-electron chi connectivity index (χ0n) is 11.9. The first-order chi connectivity index (χ1) is 8.90. The number of piperidine rings is 1. The number of rotatable bonds is 1. The van der Waals surface area contributed by atoms with E-state index in [-0.39, 0.29) is 5.82 Å². The van der Waals surface area contributed by atoms with Crippen LogP contribution >= 0.6 is 0 Å². The molecule has 104 valence electrons. The highest BCUT2D eigenvalue weighted by molar-refractivity contribution is 5.40. The van der Waals surface area contributed by atoms with E-state index in [1.165, 1.54) is 12.8 Å². The maximum Gasteiger partial charge on any atom is 0.123 e. The lowest BCUT2D eigenvalue weighted by molar-refractivity contribution is -0.0501. The third-order valence-electron chi connectivity index (χ3n) is 5.09. The Labute approximate surface area is 114 Å². The third kappa shape index (κ3) is 2.00. The van der Waals surface area contributed by atoms with Gasteiger partial charge in [-0.25, -0.2) is 4.39 Å². The fraction of sp³-hybridized carbons (Fsp3) is 0.625. The van der Waals surface area contributed by atoms with Gasteiger partial charge in [0, 0.05) is 12.1 Å². The van der Waals surface area contributed by atoms with Gasteiger partial charge in [-0.1, -0.05) is 0 Å².